The molecule has 0 aliphatic heterocycles. The Morgan fingerprint density at radius 3 is 1.85 bits per heavy atom. The van der Waals surface area contributed by atoms with Gasteiger partial charge in [0.1, 0.15) is 0 Å². The second-order valence-electron chi connectivity index (χ2n) is 4.09. The first-order valence-electron chi connectivity index (χ1n) is 4.59. The number of methoxy groups -OCH3 is 1. The minimum Gasteiger partial charge on any atom is -0.374 e. The molecule has 0 radical (unpaired) electrons. The lowest BCUT2D eigenvalue weighted by molar-refractivity contribution is 0.0191. The molecule has 0 fully saturated rings. The molecule has 0 aromatic heterocycles. The molecule has 1 aromatic rings. The summed E-state index contributed by atoms with van der Waals surface area (Å²) in [6, 6.07) is 6.53. The largest absolute Gasteiger partial charge is 0.374 e. The molecule has 0 saturated carbocycles. The molecule has 0 unspecified atom stereocenters. The third-order valence-corrected chi connectivity index (χ3v) is 2.43. The van der Waals surface area contributed by atoms with Crippen molar-refractivity contribution in [1.82, 2.24) is 0 Å². The third kappa shape index (κ3) is 2.31. The van der Waals surface area contributed by atoms with Gasteiger partial charge in [0, 0.05) is 7.11 Å². The number of ether oxygens (including phenoxy) is 1. The van der Waals surface area contributed by atoms with Crippen molar-refractivity contribution in [2.24, 2.45) is 0 Å². The van der Waals surface area contributed by atoms with E-state index in [0.717, 1.165) is 0 Å². The second-order valence-corrected chi connectivity index (χ2v) is 4.09. The Morgan fingerprint density at radius 1 is 1.00 bits per heavy atom. The molecule has 1 aromatic carbocycles. The molecule has 1 heteroatoms. The summed E-state index contributed by atoms with van der Waals surface area (Å²) in [5.74, 6) is 0. The van der Waals surface area contributed by atoms with Crippen LogP contribution in [0.2, 0.25) is 0 Å². The van der Waals surface area contributed by atoms with Crippen molar-refractivity contribution in [2.45, 2.75) is 33.3 Å². The molecule has 0 aliphatic rings. The molecule has 1 rings (SSSR count). The molecule has 72 valence electrons. The Balaban J connectivity index is 3.15. The van der Waals surface area contributed by atoms with Gasteiger partial charge in [0.05, 0.1) is 5.60 Å². The van der Waals surface area contributed by atoms with Crippen molar-refractivity contribution in [3.05, 3.63) is 34.9 Å². The van der Waals surface area contributed by atoms with E-state index in [1.807, 2.05) is 0 Å². The van der Waals surface area contributed by atoms with Crippen LogP contribution in [0, 0.1) is 13.8 Å². The van der Waals surface area contributed by atoms with Gasteiger partial charge in [-0.05, 0) is 33.3 Å². The summed E-state index contributed by atoms with van der Waals surface area (Å²) < 4.78 is 5.43. The zero-order chi connectivity index (χ0) is 10.1. The van der Waals surface area contributed by atoms with Crippen LogP contribution in [0.4, 0.5) is 0 Å². The van der Waals surface area contributed by atoms with Gasteiger partial charge in [-0.1, -0.05) is 29.3 Å². The Hall–Kier alpha value is -0.820. The molecule has 0 aliphatic carbocycles. The van der Waals surface area contributed by atoms with Crippen LogP contribution in [-0.4, -0.2) is 7.11 Å². The van der Waals surface area contributed by atoms with Crippen LogP contribution in [0.5, 0.6) is 0 Å². The first-order valence-corrected chi connectivity index (χ1v) is 4.59. The van der Waals surface area contributed by atoms with Crippen LogP contribution in [0.25, 0.3) is 0 Å². The maximum absolute atomic E-state index is 5.43. The van der Waals surface area contributed by atoms with E-state index in [-0.39, 0.29) is 5.60 Å². The smallest absolute Gasteiger partial charge is 0.0871 e. The number of aryl methyl sites for hydroxylation is 2. The third-order valence-electron chi connectivity index (χ3n) is 2.43. The maximum atomic E-state index is 5.43. The quantitative estimate of drug-likeness (QED) is 0.675. The van der Waals surface area contributed by atoms with E-state index in [0.29, 0.717) is 0 Å². The molecular weight excluding hydrogens is 160 g/mol. The number of hydrogen-bond acceptors (Lipinski definition) is 1. The van der Waals surface area contributed by atoms with Crippen molar-refractivity contribution < 1.29 is 4.74 Å². The van der Waals surface area contributed by atoms with Crippen molar-refractivity contribution in [2.75, 3.05) is 7.11 Å². The van der Waals surface area contributed by atoms with Crippen LogP contribution < -0.4 is 0 Å². The van der Waals surface area contributed by atoms with Crippen molar-refractivity contribution in [3.63, 3.8) is 0 Å². The predicted octanol–water partition coefficient (Wildman–Crippen LogP) is 3.18. The lowest BCUT2D eigenvalue weighted by atomic mass is 9.94. The zero-order valence-electron chi connectivity index (χ0n) is 9.14. The molecule has 13 heavy (non-hydrogen) atoms. The van der Waals surface area contributed by atoms with Gasteiger partial charge in [0.15, 0.2) is 0 Å². The van der Waals surface area contributed by atoms with E-state index in [1.54, 1.807) is 7.11 Å². The minimum atomic E-state index is -0.184. The topological polar surface area (TPSA) is 9.23 Å². The molecule has 0 amide bonds. The van der Waals surface area contributed by atoms with E-state index in [4.69, 9.17) is 4.74 Å². The lowest BCUT2D eigenvalue weighted by Crippen LogP contribution is -2.19. The van der Waals surface area contributed by atoms with Gasteiger partial charge in [0.2, 0.25) is 0 Å². The van der Waals surface area contributed by atoms with Gasteiger partial charge in [0.25, 0.3) is 0 Å². The highest BCUT2D eigenvalue weighted by Gasteiger charge is 2.19. The molecule has 1 nitrogen and oxygen atoms in total. The first-order chi connectivity index (χ1) is 5.95. The van der Waals surface area contributed by atoms with Gasteiger partial charge < -0.3 is 4.74 Å². The molecule has 0 bridgehead atoms. The van der Waals surface area contributed by atoms with Crippen molar-refractivity contribution in [3.8, 4) is 0 Å². The van der Waals surface area contributed by atoms with Crippen molar-refractivity contribution >= 4 is 0 Å². The van der Waals surface area contributed by atoms with Gasteiger partial charge in [-0.3, -0.25) is 0 Å². The van der Waals surface area contributed by atoms with Crippen LogP contribution in [0.1, 0.15) is 30.5 Å². The average molecular weight is 178 g/mol. The van der Waals surface area contributed by atoms with Gasteiger partial charge in [-0.25, -0.2) is 0 Å². The molecule has 0 spiro atoms. The summed E-state index contributed by atoms with van der Waals surface area (Å²) in [7, 11) is 1.75. The Kier molecular flexibility index (Phi) is 2.77. The molecular formula is C12H18O. The number of benzene rings is 1. The van der Waals surface area contributed by atoms with Crippen LogP contribution in [0.15, 0.2) is 18.2 Å². The minimum absolute atomic E-state index is 0.184. The summed E-state index contributed by atoms with van der Waals surface area (Å²) in [5.41, 5.74) is 3.64. The zero-order valence-corrected chi connectivity index (χ0v) is 9.14. The van der Waals surface area contributed by atoms with Crippen LogP contribution in [-0.2, 0) is 10.3 Å². The van der Waals surface area contributed by atoms with E-state index in [1.165, 1.54) is 16.7 Å². The van der Waals surface area contributed by atoms with Crippen LogP contribution in [0.3, 0.4) is 0 Å². The molecule has 0 atom stereocenters. The number of hydrogen-bond donors (Lipinski definition) is 0. The molecule has 0 saturated heterocycles. The molecule has 0 heterocycles. The monoisotopic (exact) mass is 178 g/mol. The Bertz CT molecular complexity index is 280. The summed E-state index contributed by atoms with van der Waals surface area (Å²) in [6.45, 7) is 8.40. The highest BCUT2D eigenvalue weighted by Crippen LogP contribution is 2.25. The summed E-state index contributed by atoms with van der Waals surface area (Å²) in [5, 5.41) is 0. The van der Waals surface area contributed by atoms with Crippen molar-refractivity contribution in [1.29, 1.82) is 0 Å². The van der Waals surface area contributed by atoms with Gasteiger partial charge in [-0.15, -0.1) is 0 Å². The predicted molar refractivity (Wildman–Crippen MR) is 56.0 cm³/mol. The van der Waals surface area contributed by atoms with E-state index in [2.05, 4.69) is 45.9 Å². The maximum Gasteiger partial charge on any atom is 0.0871 e. The van der Waals surface area contributed by atoms with Crippen LogP contribution >= 0.6 is 0 Å². The highest BCUT2D eigenvalue weighted by atomic mass is 16.5. The van der Waals surface area contributed by atoms with Gasteiger partial charge in [-0.2, -0.15) is 0 Å². The van der Waals surface area contributed by atoms with Gasteiger partial charge >= 0.3 is 0 Å². The van der Waals surface area contributed by atoms with E-state index < -0.39 is 0 Å². The van der Waals surface area contributed by atoms with E-state index >= 15 is 0 Å². The summed E-state index contributed by atoms with van der Waals surface area (Å²) >= 11 is 0. The Labute approximate surface area is 80.7 Å². The second kappa shape index (κ2) is 3.51. The SMILES string of the molecule is COC(C)(C)c1cc(C)cc(C)c1. The molecule has 0 N–H and O–H groups in total. The standard InChI is InChI=1S/C12H18O/c1-9-6-10(2)8-11(7-9)12(3,4)13-5/h6-8H,1-5H3. The highest BCUT2D eigenvalue weighted by molar-refractivity contribution is 5.31. The fourth-order valence-electron chi connectivity index (χ4n) is 1.44. The first kappa shape index (κ1) is 10.3. The fourth-order valence-corrected chi connectivity index (χ4v) is 1.44. The Morgan fingerprint density at radius 2 is 1.46 bits per heavy atom. The van der Waals surface area contributed by atoms with E-state index in [9.17, 15) is 0 Å². The number of rotatable bonds is 2. The lowest BCUT2D eigenvalue weighted by Gasteiger charge is -2.24. The summed E-state index contributed by atoms with van der Waals surface area (Å²) in [4.78, 5) is 0. The average Bonchev–Trinajstić information content (AvgIpc) is 2.02. The summed E-state index contributed by atoms with van der Waals surface area (Å²) in [6.07, 6.45) is 0. The normalized spacial score (nSPS) is 11.8. The fraction of sp³-hybridized carbons (Fsp3) is 0.500.